The van der Waals surface area contributed by atoms with Crippen LogP contribution in [0.25, 0.3) is 0 Å². The fraction of sp³-hybridized carbons (Fsp3) is 0.500. The molecule has 0 fully saturated rings. The van der Waals surface area contributed by atoms with Crippen LogP contribution in [0.3, 0.4) is 0 Å². The van der Waals surface area contributed by atoms with Crippen molar-refractivity contribution in [2.45, 2.75) is 45.7 Å². The lowest BCUT2D eigenvalue weighted by molar-refractivity contribution is 0.490. The second-order valence-electron chi connectivity index (χ2n) is 4.96. The zero-order valence-electron chi connectivity index (χ0n) is 12.4. The molecule has 0 saturated heterocycles. The molecule has 20 heavy (non-hydrogen) atoms. The molecular weight excluding hydrogens is 248 g/mol. The van der Waals surface area contributed by atoms with Gasteiger partial charge in [-0.25, -0.2) is 4.98 Å². The fourth-order valence-electron chi connectivity index (χ4n) is 2.47. The summed E-state index contributed by atoms with van der Waals surface area (Å²) in [6.45, 7) is 6.24. The van der Waals surface area contributed by atoms with Gasteiger partial charge in [0, 0.05) is 19.0 Å². The lowest BCUT2D eigenvalue weighted by atomic mass is 10.0. The summed E-state index contributed by atoms with van der Waals surface area (Å²) in [5, 5.41) is 7.84. The first kappa shape index (κ1) is 14.7. The summed E-state index contributed by atoms with van der Waals surface area (Å²) in [4.78, 5) is 4.38. The molecule has 0 amide bonds. The summed E-state index contributed by atoms with van der Waals surface area (Å²) in [7, 11) is 0. The maximum Gasteiger partial charge on any atom is 0.138 e. The second kappa shape index (κ2) is 7.80. The molecule has 0 aliphatic heterocycles. The molecular formula is C16H24N4. The van der Waals surface area contributed by atoms with Crippen LogP contribution in [0.15, 0.2) is 36.7 Å². The molecule has 4 heteroatoms. The highest BCUT2D eigenvalue weighted by atomic mass is 15.3. The van der Waals surface area contributed by atoms with Crippen molar-refractivity contribution in [3.8, 4) is 0 Å². The van der Waals surface area contributed by atoms with E-state index in [4.69, 9.17) is 0 Å². The number of benzene rings is 1. The summed E-state index contributed by atoms with van der Waals surface area (Å²) in [5.74, 6) is 1.09. The highest BCUT2D eigenvalue weighted by molar-refractivity contribution is 5.19. The molecule has 0 aliphatic carbocycles. The van der Waals surface area contributed by atoms with Crippen LogP contribution in [0, 0.1) is 0 Å². The highest BCUT2D eigenvalue weighted by Gasteiger charge is 2.12. The normalized spacial score (nSPS) is 12.5. The van der Waals surface area contributed by atoms with Crippen molar-refractivity contribution in [3.05, 3.63) is 48.0 Å². The molecule has 4 nitrogen and oxygen atoms in total. The van der Waals surface area contributed by atoms with E-state index < -0.39 is 0 Å². The van der Waals surface area contributed by atoms with Crippen LogP contribution < -0.4 is 5.32 Å². The van der Waals surface area contributed by atoms with Crippen molar-refractivity contribution in [3.63, 3.8) is 0 Å². The third kappa shape index (κ3) is 3.90. The second-order valence-corrected chi connectivity index (χ2v) is 4.96. The third-order valence-electron chi connectivity index (χ3n) is 3.44. The van der Waals surface area contributed by atoms with Crippen molar-refractivity contribution in [2.75, 3.05) is 6.54 Å². The largest absolute Gasteiger partial charge is 0.310 e. The molecule has 0 saturated carbocycles. The number of rotatable bonds is 8. The van der Waals surface area contributed by atoms with Crippen LogP contribution in [0.4, 0.5) is 0 Å². The van der Waals surface area contributed by atoms with Crippen LogP contribution in [0.1, 0.15) is 44.1 Å². The van der Waals surface area contributed by atoms with Crippen LogP contribution in [-0.2, 0) is 13.0 Å². The smallest absolute Gasteiger partial charge is 0.138 e. The molecule has 1 heterocycles. The van der Waals surface area contributed by atoms with E-state index in [1.54, 1.807) is 6.33 Å². The van der Waals surface area contributed by atoms with Crippen molar-refractivity contribution in [2.24, 2.45) is 0 Å². The number of aromatic nitrogens is 3. The Kier molecular flexibility index (Phi) is 5.74. The van der Waals surface area contributed by atoms with Crippen LogP contribution in [0.5, 0.6) is 0 Å². The van der Waals surface area contributed by atoms with Gasteiger partial charge in [-0.2, -0.15) is 5.10 Å². The number of aryl methyl sites for hydroxylation is 2. The lowest BCUT2D eigenvalue weighted by Crippen LogP contribution is -2.22. The van der Waals surface area contributed by atoms with E-state index in [0.29, 0.717) is 6.04 Å². The van der Waals surface area contributed by atoms with Gasteiger partial charge in [0.1, 0.15) is 12.2 Å². The summed E-state index contributed by atoms with van der Waals surface area (Å²) >= 11 is 0. The quantitative estimate of drug-likeness (QED) is 0.803. The number of hydrogen-bond acceptors (Lipinski definition) is 3. The fourth-order valence-corrected chi connectivity index (χ4v) is 2.47. The summed E-state index contributed by atoms with van der Waals surface area (Å²) < 4.78 is 2.02. The zero-order valence-corrected chi connectivity index (χ0v) is 12.4. The van der Waals surface area contributed by atoms with Crippen molar-refractivity contribution in [1.29, 1.82) is 0 Å². The number of nitrogens with one attached hydrogen (secondary N) is 1. The Balaban J connectivity index is 2.00. The van der Waals surface area contributed by atoms with Crippen LogP contribution in [-0.4, -0.2) is 21.3 Å². The van der Waals surface area contributed by atoms with Gasteiger partial charge in [0.2, 0.25) is 0 Å². The average molecular weight is 272 g/mol. The van der Waals surface area contributed by atoms with E-state index in [2.05, 4.69) is 59.6 Å². The van der Waals surface area contributed by atoms with Gasteiger partial charge in [-0.1, -0.05) is 44.2 Å². The van der Waals surface area contributed by atoms with E-state index in [1.165, 1.54) is 5.56 Å². The summed E-state index contributed by atoms with van der Waals surface area (Å²) in [6, 6.07) is 11.0. The highest BCUT2D eigenvalue weighted by Crippen LogP contribution is 2.18. The number of nitrogens with zero attached hydrogens (tertiary/aromatic N) is 3. The monoisotopic (exact) mass is 272 g/mol. The van der Waals surface area contributed by atoms with E-state index >= 15 is 0 Å². The van der Waals surface area contributed by atoms with E-state index in [9.17, 15) is 0 Å². The summed E-state index contributed by atoms with van der Waals surface area (Å²) in [6.07, 6.45) is 4.74. The third-order valence-corrected chi connectivity index (χ3v) is 3.44. The van der Waals surface area contributed by atoms with Gasteiger partial charge in [-0.15, -0.1) is 0 Å². The molecule has 0 radical (unpaired) electrons. The van der Waals surface area contributed by atoms with Crippen LogP contribution in [0.2, 0.25) is 0 Å². The molecule has 108 valence electrons. The molecule has 1 unspecified atom stereocenters. The van der Waals surface area contributed by atoms with Gasteiger partial charge < -0.3 is 5.32 Å². The van der Waals surface area contributed by atoms with Gasteiger partial charge in [-0.3, -0.25) is 4.68 Å². The van der Waals surface area contributed by atoms with Gasteiger partial charge in [0.15, 0.2) is 0 Å². The predicted molar refractivity (Wildman–Crippen MR) is 81.5 cm³/mol. The Bertz CT molecular complexity index is 492. The maximum absolute atomic E-state index is 4.38. The Labute approximate surface area is 121 Å². The maximum atomic E-state index is 4.38. The minimum Gasteiger partial charge on any atom is -0.310 e. The molecule has 2 rings (SSSR count). The SMILES string of the molecule is CCCn1ncnc1CCC(NCC)c1ccccc1. The van der Waals surface area contributed by atoms with Crippen molar-refractivity contribution in [1.82, 2.24) is 20.1 Å². The molecule has 0 aliphatic rings. The Morgan fingerprint density at radius 3 is 2.70 bits per heavy atom. The minimum atomic E-state index is 0.382. The molecule has 1 atom stereocenters. The Morgan fingerprint density at radius 1 is 1.20 bits per heavy atom. The molecule has 2 aromatic rings. The molecule has 1 aromatic carbocycles. The first-order chi connectivity index (χ1) is 9.85. The topological polar surface area (TPSA) is 42.7 Å². The van der Waals surface area contributed by atoms with E-state index in [1.807, 2.05) is 4.68 Å². The molecule has 0 bridgehead atoms. The molecule has 0 spiro atoms. The first-order valence-corrected chi connectivity index (χ1v) is 7.50. The average Bonchev–Trinajstić information content (AvgIpc) is 2.92. The summed E-state index contributed by atoms with van der Waals surface area (Å²) in [5.41, 5.74) is 1.34. The molecule has 1 N–H and O–H groups in total. The first-order valence-electron chi connectivity index (χ1n) is 7.50. The van der Waals surface area contributed by atoms with Crippen molar-refractivity contribution >= 4 is 0 Å². The molecule has 1 aromatic heterocycles. The Hall–Kier alpha value is -1.68. The predicted octanol–water partition coefficient (Wildman–Crippen LogP) is 2.97. The van der Waals surface area contributed by atoms with Gasteiger partial charge in [-0.05, 0) is 24.9 Å². The van der Waals surface area contributed by atoms with Gasteiger partial charge >= 0.3 is 0 Å². The van der Waals surface area contributed by atoms with E-state index in [0.717, 1.165) is 38.2 Å². The van der Waals surface area contributed by atoms with Crippen molar-refractivity contribution < 1.29 is 0 Å². The van der Waals surface area contributed by atoms with Crippen LogP contribution >= 0.6 is 0 Å². The van der Waals surface area contributed by atoms with Gasteiger partial charge in [0.25, 0.3) is 0 Å². The van der Waals surface area contributed by atoms with E-state index in [-0.39, 0.29) is 0 Å². The lowest BCUT2D eigenvalue weighted by Gasteiger charge is -2.18. The Morgan fingerprint density at radius 2 is 2.00 bits per heavy atom. The minimum absolute atomic E-state index is 0.382. The standard InChI is InChI=1S/C16H24N4/c1-3-12-20-16(18-13-19-20)11-10-15(17-4-2)14-8-6-5-7-9-14/h5-9,13,15,17H,3-4,10-12H2,1-2H3. The number of hydrogen-bond donors (Lipinski definition) is 1. The van der Waals surface area contributed by atoms with Gasteiger partial charge in [0.05, 0.1) is 0 Å². The zero-order chi connectivity index (χ0) is 14.2.